The fourth-order valence-electron chi connectivity index (χ4n) is 1.83. The Labute approximate surface area is 119 Å². The Kier molecular flexibility index (Phi) is 4.09. The number of urea groups is 1. The Morgan fingerprint density at radius 3 is 2.70 bits per heavy atom. The number of benzene rings is 1. The Morgan fingerprint density at radius 2 is 2.15 bits per heavy atom. The number of hydrogen-bond acceptors (Lipinski definition) is 3. The van der Waals surface area contributed by atoms with E-state index >= 15 is 0 Å². The second-order valence-electron chi connectivity index (χ2n) is 4.30. The zero-order valence-electron chi connectivity index (χ0n) is 10.3. The van der Waals surface area contributed by atoms with E-state index in [1.54, 1.807) is 0 Å². The van der Waals surface area contributed by atoms with Crippen molar-refractivity contribution >= 4 is 35.2 Å². The van der Waals surface area contributed by atoms with Gasteiger partial charge in [-0.15, -0.1) is 0 Å². The molecule has 0 spiro atoms. The molecule has 1 unspecified atom stereocenters. The van der Waals surface area contributed by atoms with Crippen molar-refractivity contribution in [2.45, 2.75) is 12.5 Å². The van der Waals surface area contributed by atoms with Crippen molar-refractivity contribution < 1.29 is 19.5 Å². The van der Waals surface area contributed by atoms with Gasteiger partial charge in [0.2, 0.25) is 5.91 Å². The van der Waals surface area contributed by atoms with Gasteiger partial charge in [0.05, 0.1) is 16.6 Å². The van der Waals surface area contributed by atoms with Gasteiger partial charge in [-0.05, 0) is 18.2 Å². The van der Waals surface area contributed by atoms with Crippen LogP contribution in [0.4, 0.5) is 10.5 Å². The van der Waals surface area contributed by atoms with Gasteiger partial charge < -0.3 is 21.1 Å². The summed E-state index contributed by atoms with van der Waals surface area (Å²) >= 11 is 5.79. The van der Waals surface area contributed by atoms with Crippen molar-refractivity contribution in [3.8, 4) is 0 Å². The number of hydrogen-bond donors (Lipinski definition) is 4. The maximum atomic E-state index is 11.7. The first kappa shape index (κ1) is 14.1. The highest BCUT2D eigenvalue weighted by Gasteiger charge is 2.22. The SMILES string of the molecule is O=C1CC(NC(=O)Nc2ccc(C(=O)O)c(Cl)c2)CN1. The van der Waals surface area contributed by atoms with E-state index in [4.69, 9.17) is 16.7 Å². The lowest BCUT2D eigenvalue weighted by Crippen LogP contribution is -2.39. The molecule has 0 radical (unpaired) electrons. The molecule has 1 aliphatic rings. The molecule has 1 saturated heterocycles. The minimum atomic E-state index is -1.14. The van der Waals surface area contributed by atoms with Crippen molar-refractivity contribution in [2.75, 3.05) is 11.9 Å². The molecular formula is C12H12ClN3O4. The van der Waals surface area contributed by atoms with Crippen molar-refractivity contribution in [1.82, 2.24) is 10.6 Å². The average Bonchev–Trinajstić information content (AvgIpc) is 2.74. The average molecular weight is 298 g/mol. The number of carboxylic acid groups (broad SMARTS) is 1. The summed E-state index contributed by atoms with van der Waals surface area (Å²) in [5.74, 6) is -1.24. The van der Waals surface area contributed by atoms with Gasteiger partial charge in [-0.2, -0.15) is 0 Å². The number of amides is 3. The predicted molar refractivity (Wildman–Crippen MR) is 72.0 cm³/mol. The summed E-state index contributed by atoms with van der Waals surface area (Å²) in [6.07, 6.45) is 0.242. The molecule has 3 amide bonds. The second-order valence-corrected chi connectivity index (χ2v) is 4.71. The van der Waals surface area contributed by atoms with Gasteiger partial charge in [0.1, 0.15) is 0 Å². The minimum Gasteiger partial charge on any atom is -0.478 e. The zero-order valence-corrected chi connectivity index (χ0v) is 11.0. The van der Waals surface area contributed by atoms with E-state index in [1.807, 2.05) is 0 Å². The van der Waals surface area contributed by atoms with Crippen LogP contribution in [0.2, 0.25) is 5.02 Å². The maximum Gasteiger partial charge on any atom is 0.337 e. The smallest absolute Gasteiger partial charge is 0.337 e. The molecule has 0 aliphatic carbocycles. The molecule has 2 rings (SSSR count). The first-order valence-corrected chi connectivity index (χ1v) is 6.20. The number of nitrogens with one attached hydrogen (secondary N) is 3. The molecule has 0 saturated carbocycles. The second kappa shape index (κ2) is 5.79. The standard InChI is InChI=1S/C12H12ClN3O4/c13-9-3-6(1-2-8(9)11(18)19)15-12(20)16-7-4-10(17)14-5-7/h1-3,7H,4-5H2,(H,14,17)(H,18,19)(H2,15,16,20). The Balaban J connectivity index is 1.96. The van der Waals surface area contributed by atoms with Crippen LogP contribution >= 0.6 is 11.6 Å². The molecular weight excluding hydrogens is 286 g/mol. The van der Waals surface area contributed by atoms with Gasteiger partial charge in [0.15, 0.2) is 0 Å². The summed E-state index contributed by atoms with van der Waals surface area (Å²) in [4.78, 5) is 33.5. The van der Waals surface area contributed by atoms with Gasteiger partial charge in [0.25, 0.3) is 0 Å². The molecule has 1 atom stereocenters. The van der Waals surface area contributed by atoms with Crippen LogP contribution in [0.25, 0.3) is 0 Å². The quantitative estimate of drug-likeness (QED) is 0.669. The van der Waals surface area contributed by atoms with E-state index in [9.17, 15) is 14.4 Å². The summed E-state index contributed by atoms with van der Waals surface area (Å²) < 4.78 is 0. The molecule has 1 aromatic carbocycles. The third-order valence-corrected chi connectivity index (χ3v) is 3.08. The van der Waals surface area contributed by atoms with Crippen LogP contribution < -0.4 is 16.0 Å². The third-order valence-electron chi connectivity index (χ3n) is 2.77. The lowest BCUT2D eigenvalue weighted by Gasteiger charge is -2.12. The molecule has 8 heteroatoms. The van der Waals surface area contributed by atoms with Crippen LogP contribution in [0.5, 0.6) is 0 Å². The van der Waals surface area contributed by atoms with Crippen LogP contribution in [0, 0.1) is 0 Å². The van der Waals surface area contributed by atoms with Gasteiger partial charge in [-0.3, -0.25) is 4.79 Å². The number of carboxylic acids is 1. The van der Waals surface area contributed by atoms with Gasteiger partial charge in [0, 0.05) is 18.7 Å². The molecule has 20 heavy (non-hydrogen) atoms. The highest BCUT2D eigenvalue weighted by molar-refractivity contribution is 6.33. The number of aromatic carboxylic acids is 1. The molecule has 1 aromatic rings. The number of halogens is 1. The molecule has 1 aliphatic heterocycles. The number of rotatable bonds is 3. The van der Waals surface area contributed by atoms with Crippen LogP contribution in [0.1, 0.15) is 16.8 Å². The van der Waals surface area contributed by atoms with Crippen LogP contribution in [-0.4, -0.2) is 35.6 Å². The fraction of sp³-hybridized carbons (Fsp3) is 0.250. The van der Waals surface area contributed by atoms with Gasteiger partial charge in [-0.25, -0.2) is 9.59 Å². The predicted octanol–water partition coefficient (Wildman–Crippen LogP) is 1.05. The largest absolute Gasteiger partial charge is 0.478 e. The molecule has 1 heterocycles. The van der Waals surface area contributed by atoms with E-state index in [2.05, 4.69) is 16.0 Å². The van der Waals surface area contributed by atoms with E-state index in [0.717, 1.165) is 0 Å². The highest BCUT2D eigenvalue weighted by Crippen LogP contribution is 2.21. The maximum absolute atomic E-state index is 11.7. The Hall–Kier alpha value is -2.28. The first-order valence-electron chi connectivity index (χ1n) is 5.83. The third kappa shape index (κ3) is 3.39. The van der Waals surface area contributed by atoms with E-state index in [0.29, 0.717) is 12.2 Å². The van der Waals surface area contributed by atoms with Crippen LogP contribution in [0.15, 0.2) is 18.2 Å². The number of carbonyl (C=O) groups is 3. The Morgan fingerprint density at radius 1 is 1.40 bits per heavy atom. The van der Waals surface area contributed by atoms with E-state index in [1.165, 1.54) is 18.2 Å². The lowest BCUT2D eigenvalue weighted by molar-refractivity contribution is -0.119. The van der Waals surface area contributed by atoms with Crippen LogP contribution in [0.3, 0.4) is 0 Å². The molecule has 1 fully saturated rings. The van der Waals surface area contributed by atoms with E-state index in [-0.39, 0.29) is 29.0 Å². The summed E-state index contributed by atoms with van der Waals surface area (Å²) in [6, 6.07) is 3.36. The zero-order chi connectivity index (χ0) is 14.7. The normalized spacial score (nSPS) is 17.4. The van der Waals surface area contributed by atoms with Gasteiger partial charge >= 0.3 is 12.0 Å². The molecule has 106 valence electrons. The van der Waals surface area contributed by atoms with Crippen LogP contribution in [-0.2, 0) is 4.79 Å². The fourth-order valence-corrected chi connectivity index (χ4v) is 2.09. The summed E-state index contributed by atoms with van der Waals surface area (Å²) in [6.45, 7) is 0.394. The number of carbonyl (C=O) groups excluding carboxylic acids is 2. The first-order chi connectivity index (χ1) is 9.45. The summed E-state index contributed by atoms with van der Waals surface area (Å²) in [5, 5.41) is 16.6. The minimum absolute atomic E-state index is 0.0352. The van der Waals surface area contributed by atoms with E-state index < -0.39 is 12.0 Å². The monoisotopic (exact) mass is 297 g/mol. The van der Waals surface area contributed by atoms with Crippen molar-refractivity contribution in [2.24, 2.45) is 0 Å². The van der Waals surface area contributed by atoms with Crippen molar-refractivity contribution in [1.29, 1.82) is 0 Å². The molecule has 4 N–H and O–H groups in total. The molecule has 0 bridgehead atoms. The Bertz CT molecular complexity index is 576. The topological polar surface area (TPSA) is 108 Å². The number of anilines is 1. The molecule has 7 nitrogen and oxygen atoms in total. The summed E-state index contributed by atoms with van der Waals surface area (Å²) in [7, 11) is 0. The molecule has 0 aromatic heterocycles. The lowest BCUT2D eigenvalue weighted by atomic mass is 10.2. The van der Waals surface area contributed by atoms with Gasteiger partial charge in [-0.1, -0.05) is 11.6 Å². The van der Waals surface area contributed by atoms with Crippen molar-refractivity contribution in [3.05, 3.63) is 28.8 Å². The highest BCUT2D eigenvalue weighted by atomic mass is 35.5. The van der Waals surface area contributed by atoms with Crippen molar-refractivity contribution in [3.63, 3.8) is 0 Å². The summed E-state index contributed by atoms with van der Waals surface area (Å²) in [5.41, 5.74) is 0.331.